The van der Waals surface area contributed by atoms with Gasteiger partial charge >= 0.3 is 0 Å². The van der Waals surface area contributed by atoms with Gasteiger partial charge in [0.05, 0.1) is 23.9 Å². The molecule has 1 aliphatic heterocycles. The van der Waals surface area contributed by atoms with E-state index in [-0.39, 0.29) is 0 Å². The molecule has 0 N–H and O–H groups in total. The van der Waals surface area contributed by atoms with Gasteiger partial charge < -0.3 is 14.1 Å². The molecule has 0 spiro atoms. The van der Waals surface area contributed by atoms with Crippen molar-refractivity contribution in [3.63, 3.8) is 0 Å². The van der Waals surface area contributed by atoms with Crippen LogP contribution >= 0.6 is 23.2 Å². The Morgan fingerprint density at radius 1 is 1.19 bits per heavy atom. The number of fused-ring (bicyclic) bond motifs is 1. The van der Waals surface area contributed by atoms with Gasteiger partial charge in [-0.15, -0.1) is 0 Å². The maximum Gasteiger partial charge on any atom is 0.155 e. The summed E-state index contributed by atoms with van der Waals surface area (Å²) in [6.45, 7) is 7.20. The number of ether oxygens (including phenoxy) is 1. The van der Waals surface area contributed by atoms with Crippen molar-refractivity contribution in [3.8, 4) is 0 Å². The summed E-state index contributed by atoms with van der Waals surface area (Å²) in [7, 11) is 0. The molecule has 0 saturated carbocycles. The molecule has 3 rings (SSSR count). The number of benzene rings is 1. The van der Waals surface area contributed by atoms with Gasteiger partial charge in [-0.3, -0.25) is 0 Å². The van der Waals surface area contributed by atoms with Gasteiger partial charge in [0.2, 0.25) is 0 Å². The quantitative estimate of drug-likeness (QED) is 0.777. The third kappa shape index (κ3) is 2.91. The van der Waals surface area contributed by atoms with E-state index in [1.54, 1.807) is 6.07 Å². The van der Waals surface area contributed by atoms with E-state index >= 15 is 0 Å². The van der Waals surface area contributed by atoms with Crippen LogP contribution in [-0.2, 0) is 4.74 Å². The fraction of sp³-hybridized carbons (Fsp3) is 0.375. The highest BCUT2D eigenvalue weighted by Gasteiger charge is 2.22. The zero-order valence-corrected chi connectivity index (χ0v) is 13.6. The van der Waals surface area contributed by atoms with Crippen molar-refractivity contribution in [1.82, 2.24) is 0 Å². The lowest BCUT2D eigenvalue weighted by atomic mass is 10.1. The average molecular weight is 326 g/mol. The second-order valence-corrected chi connectivity index (χ2v) is 6.24. The highest BCUT2D eigenvalue weighted by Crippen LogP contribution is 2.40. The predicted molar refractivity (Wildman–Crippen MR) is 88.6 cm³/mol. The first-order valence-electron chi connectivity index (χ1n) is 6.95. The van der Waals surface area contributed by atoms with Crippen LogP contribution in [0.15, 0.2) is 22.1 Å². The van der Waals surface area contributed by atoms with E-state index in [1.165, 1.54) is 5.57 Å². The van der Waals surface area contributed by atoms with Crippen LogP contribution in [0, 0.1) is 0 Å². The number of hydrogen-bond donors (Lipinski definition) is 0. The fourth-order valence-electron chi connectivity index (χ4n) is 2.60. The molecule has 2 heterocycles. The van der Waals surface area contributed by atoms with Gasteiger partial charge in [-0.2, -0.15) is 0 Å². The number of allylic oxidation sites excluding steroid dienone is 1. The molecule has 0 amide bonds. The van der Waals surface area contributed by atoms with Crippen molar-refractivity contribution < 1.29 is 9.15 Å². The Bertz CT molecular complexity index is 696. The Morgan fingerprint density at radius 3 is 2.57 bits per heavy atom. The number of nitrogens with zero attached hydrogens (tertiary/aromatic N) is 1. The van der Waals surface area contributed by atoms with E-state index in [4.69, 9.17) is 32.4 Å². The van der Waals surface area contributed by atoms with E-state index in [0.717, 1.165) is 43.1 Å². The van der Waals surface area contributed by atoms with Gasteiger partial charge in [-0.1, -0.05) is 28.8 Å². The SMILES string of the molecule is CC(C)=Cc1oc2c(Cl)cc(Cl)cc2c1N1CCOCC1. The number of halogens is 2. The van der Waals surface area contributed by atoms with Crippen molar-refractivity contribution in [2.75, 3.05) is 31.2 Å². The van der Waals surface area contributed by atoms with Crippen LogP contribution < -0.4 is 4.90 Å². The van der Waals surface area contributed by atoms with Crippen LogP contribution in [0.25, 0.3) is 17.0 Å². The van der Waals surface area contributed by atoms with E-state index in [9.17, 15) is 0 Å². The molecule has 1 aliphatic rings. The Hall–Kier alpha value is -1.16. The molecule has 1 aromatic heterocycles. The monoisotopic (exact) mass is 325 g/mol. The van der Waals surface area contributed by atoms with E-state index in [0.29, 0.717) is 15.6 Å². The lowest BCUT2D eigenvalue weighted by Crippen LogP contribution is -2.36. The molecule has 3 nitrogen and oxygen atoms in total. The van der Waals surface area contributed by atoms with Crippen molar-refractivity contribution in [2.24, 2.45) is 0 Å². The summed E-state index contributed by atoms with van der Waals surface area (Å²) < 4.78 is 11.4. The minimum atomic E-state index is 0.542. The highest BCUT2D eigenvalue weighted by molar-refractivity contribution is 6.38. The summed E-state index contributed by atoms with van der Waals surface area (Å²) in [5.41, 5.74) is 2.92. The largest absolute Gasteiger partial charge is 0.453 e. The van der Waals surface area contributed by atoms with E-state index < -0.39 is 0 Å². The second kappa shape index (κ2) is 5.91. The van der Waals surface area contributed by atoms with Gasteiger partial charge in [-0.05, 0) is 32.1 Å². The first kappa shape index (κ1) is 14.8. The summed E-state index contributed by atoms with van der Waals surface area (Å²) >= 11 is 12.4. The Morgan fingerprint density at radius 2 is 1.90 bits per heavy atom. The number of rotatable bonds is 2. The molecule has 5 heteroatoms. The van der Waals surface area contributed by atoms with Crippen LogP contribution in [0.2, 0.25) is 10.0 Å². The van der Waals surface area contributed by atoms with Crippen molar-refractivity contribution >= 4 is 45.9 Å². The summed E-state index contributed by atoms with van der Waals surface area (Å²) in [5.74, 6) is 0.830. The van der Waals surface area contributed by atoms with Crippen LogP contribution in [-0.4, -0.2) is 26.3 Å². The Labute approximate surface area is 134 Å². The lowest BCUT2D eigenvalue weighted by molar-refractivity contribution is 0.122. The first-order chi connectivity index (χ1) is 10.1. The first-order valence-corrected chi connectivity index (χ1v) is 7.71. The van der Waals surface area contributed by atoms with Crippen molar-refractivity contribution in [3.05, 3.63) is 33.5 Å². The van der Waals surface area contributed by atoms with Crippen molar-refractivity contribution in [1.29, 1.82) is 0 Å². The van der Waals surface area contributed by atoms with Crippen LogP contribution in [0.5, 0.6) is 0 Å². The maximum absolute atomic E-state index is 6.28. The summed E-state index contributed by atoms with van der Waals surface area (Å²) in [5, 5.41) is 2.12. The maximum atomic E-state index is 6.28. The van der Waals surface area contributed by atoms with E-state index in [1.807, 2.05) is 26.0 Å². The molecule has 1 fully saturated rings. The van der Waals surface area contributed by atoms with Gasteiger partial charge in [0, 0.05) is 23.5 Å². The average Bonchev–Trinajstić information content (AvgIpc) is 2.77. The molecule has 0 unspecified atom stereocenters. The lowest BCUT2D eigenvalue weighted by Gasteiger charge is -2.28. The molecule has 2 aromatic rings. The van der Waals surface area contributed by atoms with E-state index in [2.05, 4.69) is 4.90 Å². The Kier molecular flexibility index (Phi) is 4.16. The molecular weight excluding hydrogens is 309 g/mol. The molecule has 112 valence electrons. The van der Waals surface area contributed by atoms with Gasteiger partial charge in [0.25, 0.3) is 0 Å². The van der Waals surface area contributed by atoms with Crippen molar-refractivity contribution in [2.45, 2.75) is 13.8 Å². The predicted octanol–water partition coefficient (Wildman–Crippen LogP) is 5.00. The molecule has 1 aromatic carbocycles. The molecular formula is C16H17Cl2NO2. The number of furan rings is 1. The summed E-state index contributed by atoms with van der Waals surface area (Å²) in [4.78, 5) is 2.27. The van der Waals surface area contributed by atoms with Crippen LogP contribution in [0.1, 0.15) is 19.6 Å². The number of anilines is 1. The summed E-state index contributed by atoms with van der Waals surface area (Å²) in [6.07, 6.45) is 2.04. The minimum absolute atomic E-state index is 0.542. The summed E-state index contributed by atoms with van der Waals surface area (Å²) in [6, 6.07) is 3.63. The highest BCUT2D eigenvalue weighted by atomic mass is 35.5. The molecule has 0 radical (unpaired) electrons. The third-order valence-corrected chi connectivity index (χ3v) is 3.95. The topological polar surface area (TPSA) is 25.6 Å². The zero-order valence-electron chi connectivity index (χ0n) is 12.1. The smallest absolute Gasteiger partial charge is 0.155 e. The zero-order chi connectivity index (χ0) is 15.0. The number of morpholine rings is 1. The minimum Gasteiger partial charge on any atom is -0.453 e. The van der Waals surface area contributed by atoms with Gasteiger partial charge in [0.15, 0.2) is 11.3 Å². The van der Waals surface area contributed by atoms with Gasteiger partial charge in [-0.25, -0.2) is 0 Å². The normalized spacial score (nSPS) is 15.5. The Balaban J connectivity index is 2.23. The fourth-order valence-corrected chi connectivity index (χ4v) is 3.14. The third-order valence-electron chi connectivity index (χ3n) is 3.46. The standard InChI is InChI=1S/C16H17Cl2NO2/c1-10(2)7-14-15(19-3-5-20-6-4-19)12-8-11(17)9-13(18)16(12)21-14/h7-9H,3-6H2,1-2H3. The van der Waals surface area contributed by atoms with Crippen LogP contribution in [0.3, 0.4) is 0 Å². The molecule has 21 heavy (non-hydrogen) atoms. The van der Waals surface area contributed by atoms with Crippen LogP contribution in [0.4, 0.5) is 5.69 Å². The van der Waals surface area contributed by atoms with Gasteiger partial charge in [0.1, 0.15) is 0 Å². The number of hydrogen-bond acceptors (Lipinski definition) is 3. The molecule has 0 atom stereocenters. The second-order valence-electron chi connectivity index (χ2n) is 5.40. The molecule has 1 saturated heterocycles. The molecule has 0 bridgehead atoms. The molecule has 0 aliphatic carbocycles.